The van der Waals surface area contributed by atoms with Gasteiger partial charge < -0.3 is 5.32 Å². The topological polar surface area (TPSA) is 12.0 Å². The minimum absolute atomic E-state index is 1.01. The Morgan fingerprint density at radius 1 is 1.00 bits per heavy atom. The number of aryl methyl sites for hydroxylation is 2. The van der Waals surface area contributed by atoms with Crippen molar-refractivity contribution < 1.29 is 0 Å². The quantitative estimate of drug-likeness (QED) is 0.713. The lowest BCUT2D eigenvalue weighted by Gasteiger charge is -2.09. The summed E-state index contributed by atoms with van der Waals surface area (Å²) in [4.78, 5) is 0. The van der Waals surface area contributed by atoms with Gasteiger partial charge in [-0.05, 0) is 54.7 Å². The van der Waals surface area contributed by atoms with Crippen LogP contribution in [0.2, 0.25) is 0 Å². The molecule has 1 nitrogen and oxygen atoms in total. The van der Waals surface area contributed by atoms with Crippen LogP contribution >= 0.6 is 0 Å². The van der Waals surface area contributed by atoms with E-state index in [-0.39, 0.29) is 0 Å². The van der Waals surface area contributed by atoms with E-state index >= 15 is 0 Å². The Bertz CT molecular complexity index is 570. The summed E-state index contributed by atoms with van der Waals surface area (Å²) in [6.45, 7) is 5.34. The van der Waals surface area contributed by atoms with E-state index in [2.05, 4.69) is 55.6 Å². The van der Waals surface area contributed by atoms with E-state index < -0.39 is 0 Å². The fourth-order valence-electron chi connectivity index (χ4n) is 2.57. The molecule has 0 saturated carbocycles. The van der Waals surface area contributed by atoms with Crippen molar-refractivity contribution >= 4 is 5.69 Å². The van der Waals surface area contributed by atoms with Crippen LogP contribution in [0.1, 0.15) is 16.7 Å². The molecule has 0 unspecified atom stereocenters. The van der Waals surface area contributed by atoms with Gasteiger partial charge in [0.15, 0.2) is 0 Å². The largest absolute Gasteiger partial charge is 0.384 e. The van der Waals surface area contributed by atoms with Crippen LogP contribution in [0.4, 0.5) is 5.69 Å². The molecule has 0 saturated heterocycles. The smallest absolute Gasteiger partial charge is 0.0370 e. The van der Waals surface area contributed by atoms with Crippen molar-refractivity contribution in [3.8, 4) is 11.1 Å². The zero-order chi connectivity index (χ0) is 11.8. The molecule has 2 aliphatic heterocycles. The van der Waals surface area contributed by atoms with Crippen molar-refractivity contribution in [2.45, 2.75) is 20.3 Å². The van der Waals surface area contributed by atoms with Gasteiger partial charge in [0.1, 0.15) is 0 Å². The van der Waals surface area contributed by atoms with Gasteiger partial charge in [0.25, 0.3) is 0 Å². The monoisotopic (exact) mass is 223 g/mol. The number of nitrogens with one attached hydrogen (secondary N) is 1. The lowest BCUT2D eigenvalue weighted by molar-refractivity contribution is 1.02. The molecule has 0 spiro atoms. The molecule has 2 aromatic rings. The number of hydrogen-bond donors (Lipinski definition) is 1. The Morgan fingerprint density at radius 3 is 2.71 bits per heavy atom. The van der Waals surface area contributed by atoms with Crippen molar-refractivity contribution in [3.05, 3.63) is 53.1 Å². The molecular formula is C16H17N. The number of hydrogen-bond acceptors (Lipinski definition) is 1. The van der Waals surface area contributed by atoms with Crippen LogP contribution in [0.15, 0.2) is 36.4 Å². The fourth-order valence-corrected chi connectivity index (χ4v) is 2.57. The average Bonchev–Trinajstić information content (AvgIpc) is 2.42. The summed E-state index contributed by atoms with van der Waals surface area (Å²) >= 11 is 0. The summed E-state index contributed by atoms with van der Waals surface area (Å²) < 4.78 is 0. The van der Waals surface area contributed by atoms with Crippen LogP contribution in [0.25, 0.3) is 11.1 Å². The molecule has 17 heavy (non-hydrogen) atoms. The summed E-state index contributed by atoms with van der Waals surface area (Å²) in [5, 5.41) is 3.51. The second-order valence-corrected chi connectivity index (χ2v) is 4.87. The van der Waals surface area contributed by atoms with Gasteiger partial charge in [0.2, 0.25) is 0 Å². The number of anilines is 1. The normalized spacial score (nSPS) is 13.3. The van der Waals surface area contributed by atoms with Gasteiger partial charge in [-0.3, -0.25) is 0 Å². The standard InChI is InChI=1S/C16H17N/c1-11-3-5-15-13-4-6-16(12(2)10-13)17-8-7-14(15)9-11/h3-6,9-10,17H,7-8H2,1-2H3. The van der Waals surface area contributed by atoms with Crippen LogP contribution in [-0.4, -0.2) is 6.54 Å². The molecule has 1 N–H and O–H groups in total. The molecule has 0 fully saturated rings. The van der Waals surface area contributed by atoms with Gasteiger partial charge in [0, 0.05) is 12.2 Å². The lowest BCUT2D eigenvalue weighted by atomic mass is 9.95. The van der Waals surface area contributed by atoms with Crippen LogP contribution in [0.5, 0.6) is 0 Å². The molecule has 2 aromatic carbocycles. The molecule has 4 rings (SSSR count). The summed E-state index contributed by atoms with van der Waals surface area (Å²) in [7, 11) is 0. The maximum Gasteiger partial charge on any atom is 0.0370 e. The lowest BCUT2D eigenvalue weighted by Crippen LogP contribution is -2.05. The summed E-state index contributed by atoms with van der Waals surface area (Å²) in [5.74, 6) is 0. The Balaban J connectivity index is 2.24. The first-order valence-corrected chi connectivity index (χ1v) is 6.18. The van der Waals surface area contributed by atoms with Crippen molar-refractivity contribution in [2.75, 3.05) is 11.9 Å². The van der Waals surface area contributed by atoms with Gasteiger partial charge in [-0.2, -0.15) is 0 Å². The van der Waals surface area contributed by atoms with Crippen molar-refractivity contribution in [1.82, 2.24) is 0 Å². The van der Waals surface area contributed by atoms with Crippen molar-refractivity contribution in [1.29, 1.82) is 0 Å². The van der Waals surface area contributed by atoms with Gasteiger partial charge in [-0.1, -0.05) is 29.8 Å². The van der Waals surface area contributed by atoms with Gasteiger partial charge in [-0.25, -0.2) is 0 Å². The predicted octanol–water partition coefficient (Wildman–Crippen LogP) is 3.94. The third-order valence-corrected chi connectivity index (χ3v) is 3.51. The SMILES string of the molecule is Cc1ccc2c(c1)CCNc1ccc-2cc1C. The minimum atomic E-state index is 1.01. The van der Waals surface area contributed by atoms with Gasteiger partial charge >= 0.3 is 0 Å². The maximum absolute atomic E-state index is 3.51. The van der Waals surface area contributed by atoms with E-state index in [1.807, 2.05) is 0 Å². The molecule has 86 valence electrons. The van der Waals surface area contributed by atoms with E-state index in [1.54, 1.807) is 0 Å². The highest BCUT2D eigenvalue weighted by Gasteiger charge is 2.10. The molecule has 0 atom stereocenters. The van der Waals surface area contributed by atoms with E-state index in [4.69, 9.17) is 0 Å². The maximum atomic E-state index is 3.51. The molecule has 0 aromatic heterocycles. The van der Waals surface area contributed by atoms with Crippen LogP contribution in [-0.2, 0) is 6.42 Å². The number of fused-ring (bicyclic) bond motifs is 4. The van der Waals surface area contributed by atoms with E-state index in [0.717, 1.165) is 13.0 Å². The summed E-state index contributed by atoms with van der Waals surface area (Å²) in [6, 6.07) is 13.5. The zero-order valence-electron chi connectivity index (χ0n) is 10.4. The van der Waals surface area contributed by atoms with E-state index in [0.29, 0.717) is 0 Å². The fraction of sp³-hybridized carbons (Fsp3) is 0.250. The molecule has 2 bridgehead atoms. The average molecular weight is 223 g/mol. The van der Waals surface area contributed by atoms with Gasteiger partial charge in [0.05, 0.1) is 0 Å². The zero-order valence-corrected chi connectivity index (χ0v) is 10.4. The van der Waals surface area contributed by atoms with Crippen LogP contribution < -0.4 is 5.32 Å². The van der Waals surface area contributed by atoms with E-state index in [1.165, 1.54) is 33.5 Å². The molecule has 2 aliphatic rings. The molecular weight excluding hydrogens is 206 g/mol. The first-order chi connectivity index (χ1) is 8.24. The number of rotatable bonds is 0. The molecule has 2 heterocycles. The highest BCUT2D eigenvalue weighted by atomic mass is 14.9. The first kappa shape index (κ1) is 10.4. The molecule has 0 aliphatic carbocycles. The van der Waals surface area contributed by atoms with Crippen LogP contribution in [0, 0.1) is 13.8 Å². The second-order valence-electron chi connectivity index (χ2n) is 4.87. The third kappa shape index (κ3) is 1.82. The third-order valence-electron chi connectivity index (χ3n) is 3.51. The van der Waals surface area contributed by atoms with Crippen molar-refractivity contribution in [2.24, 2.45) is 0 Å². The summed E-state index contributed by atoms with van der Waals surface area (Å²) in [6.07, 6.45) is 1.09. The molecule has 0 radical (unpaired) electrons. The molecule has 1 heteroatoms. The predicted molar refractivity (Wildman–Crippen MR) is 73.5 cm³/mol. The highest BCUT2D eigenvalue weighted by Crippen LogP contribution is 2.30. The highest BCUT2D eigenvalue weighted by molar-refractivity contribution is 5.72. The Morgan fingerprint density at radius 2 is 1.88 bits per heavy atom. The Kier molecular flexibility index (Phi) is 2.40. The van der Waals surface area contributed by atoms with Crippen LogP contribution in [0.3, 0.4) is 0 Å². The second kappa shape index (κ2) is 3.92. The number of benzene rings is 2. The van der Waals surface area contributed by atoms with E-state index in [9.17, 15) is 0 Å². The Labute approximate surface area is 102 Å². The minimum Gasteiger partial charge on any atom is -0.384 e. The first-order valence-electron chi connectivity index (χ1n) is 6.18. The van der Waals surface area contributed by atoms with Crippen molar-refractivity contribution in [3.63, 3.8) is 0 Å². The van der Waals surface area contributed by atoms with Gasteiger partial charge in [-0.15, -0.1) is 0 Å². The Hall–Kier alpha value is -1.76. The molecule has 0 amide bonds. The summed E-state index contributed by atoms with van der Waals surface area (Å²) in [5.41, 5.74) is 8.10.